The van der Waals surface area contributed by atoms with Gasteiger partial charge >= 0.3 is 0 Å². The maximum atomic E-state index is 12.8. The number of ketones is 1. The van der Waals surface area contributed by atoms with E-state index in [-0.39, 0.29) is 27.7 Å². The summed E-state index contributed by atoms with van der Waals surface area (Å²) in [6.45, 7) is 4.09. The summed E-state index contributed by atoms with van der Waals surface area (Å²) in [5.41, 5.74) is 2.94. The average Bonchev–Trinajstić information content (AvgIpc) is 2.52. The van der Waals surface area contributed by atoms with Gasteiger partial charge < -0.3 is 0 Å². The van der Waals surface area contributed by atoms with Crippen molar-refractivity contribution >= 4 is 32.9 Å². The number of benzene rings is 2. The molecule has 0 amide bonds. The van der Waals surface area contributed by atoms with Crippen molar-refractivity contribution in [3.63, 3.8) is 0 Å². The third-order valence-corrected chi connectivity index (χ3v) is 5.81. The van der Waals surface area contributed by atoms with Crippen molar-refractivity contribution in [2.75, 3.05) is 6.26 Å². The third kappa shape index (κ3) is 3.89. The summed E-state index contributed by atoms with van der Waals surface area (Å²) in [6.07, 6.45) is 2.05. The molecule has 0 spiro atoms. The molecule has 26 heavy (non-hydrogen) atoms. The van der Waals surface area contributed by atoms with Crippen molar-refractivity contribution < 1.29 is 13.2 Å². The molecule has 0 radical (unpaired) electrons. The fourth-order valence-electron chi connectivity index (χ4n) is 3.22. The van der Waals surface area contributed by atoms with Gasteiger partial charge in [0.25, 0.3) is 0 Å². The summed E-state index contributed by atoms with van der Waals surface area (Å²) >= 11 is 6.18. The van der Waals surface area contributed by atoms with Crippen LogP contribution in [0.25, 0.3) is 0 Å². The average molecular weight is 390 g/mol. The van der Waals surface area contributed by atoms with Crippen molar-refractivity contribution in [1.29, 1.82) is 0 Å². The van der Waals surface area contributed by atoms with Crippen molar-refractivity contribution in [2.45, 2.75) is 37.1 Å². The molecule has 0 unspecified atom stereocenters. The highest BCUT2D eigenvalue weighted by molar-refractivity contribution is 7.90. The van der Waals surface area contributed by atoms with Gasteiger partial charge in [-0.1, -0.05) is 35.9 Å². The molecule has 0 saturated carbocycles. The third-order valence-electron chi connectivity index (χ3n) is 4.39. The number of carbonyl (C=O) groups excluding carboxylic acids is 1. The maximum absolute atomic E-state index is 12.8. The Bertz CT molecular complexity index is 1020. The number of fused-ring (bicyclic) bond motifs is 1. The minimum absolute atomic E-state index is 0.0977. The zero-order valence-electron chi connectivity index (χ0n) is 14.9. The summed E-state index contributed by atoms with van der Waals surface area (Å²) in [5, 5.41) is 0.141. The van der Waals surface area contributed by atoms with Gasteiger partial charge in [0.15, 0.2) is 15.6 Å². The van der Waals surface area contributed by atoms with Gasteiger partial charge in [0, 0.05) is 11.8 Å². The van der Waals surface area contributed by atoms with Crippen LogP contribution in [0.4, 0.5) is 0 Å². The van der Waals surface area contributed by atoms with Gasteiger partial charge in [0.05, 0.1) is 27.6 Å². The highest BCUT2D eigenvalue weighted by Crippen LogP contribution is 2.29. The van der Waals surface area contributed by atoms with Crippen LogP contribution >= 0.6 is 11.6 Å². The quantitative estimate of drug-likeness (QED) is 0.738. The van der Waals surface area contributed by atoms with E-state index in [1.807, 2.05) is 32.0 Å². The van der Waals surface area contributed by atoms with E-state index in [1.54, 1.807) is 0 Å². The van der Waals surface area contributed by atoms with E-state index in [1.165, 1.54) is 23.8 Å². The van der Waals surface area contributed by atoms with Crippen LogP contribution in [0, 0.1) is 0 Å². The van der Waals surface area contributed by atoms with Gasteiger partial charge in [-0.25, -0.2) is 8.42 Å². The van der Waals surface area contributed by atoms with Crippen LogP contribution in [0.5, 0.6) is 0 Å². The van der Waals surface area contributed by atoms with Crippen LogP contribution in [-0.4, -0.2) is 31.7 Å². The van der Waals surface area contributed by atoms with Gasteiger partial charge in [-0.2, -0.15) is 0 Å². The first kappa shape index (κ1) is 18.8. The van der Waals surface area contributed by atoms with Gasteiger partial charge in [-0.05, 0) is 49.6 Å². The molecule has 6 heteroatoms. The summed E-state index contributed by atoms with van der Waals surface area (Å²) in [4.78, 5) is 17.7. The monoisotopic (exact) mass is 389 g/mol. The van der Waals surface area contributed by atoms with Gasteiger partial charge in [0.2, 0.25) is 0 Å². The van der Waals surface area contributed by atoms with E-state index in [4.69, 9.17) is 16.6 Å². The lowest BCUT2D eigenvalue weighted by atomic mass is 9.85. The van der Waals surface area contributed by atoms with Gasteiger partial charge in [-0.15, -0.1) is 0 Å². The summed E-state index contributed by atoms with van der Waals surface area (Å²) in [6, 6.07) is 12.2. The predicted octanol–water partition coefficient (Wildman–Crippen LogP) is 4.14. The Kier molecular flexibility index (Phi) is 4.80. The molecule has 0 bridgehead atoms. The molecule has 0 atom stereocenters. The molecule has 2 aromatic carbocycles. The molecule has 1 aliphatic heterocycles. The second-order valence-electron chi connectivity index (χ2n) is 7.22. The van der Waals surface area contributed by atoms with E-state index >= 15 is 0 Å². The molecular weight excluding hydrogens is 370 g/mol. The van der Waals surface area contributed by atoms with Gasteiger partial charge in [0.1, 0.15) is 0 Å². The molecule has 3 rings (SSSR count). The number of halogens is 1. The fraction of sp³-hybridized carbons (Fsp3) is 0.300. The number of hydrogen-bond donors (Lipinski definition) is 0. The van der Waals surface area contributed by atoms with E-state index in [2.05, 4.69) is 6.07 Å². The Morgan fingerprint density at radius 1 is 1.19 bits per heavy atom. The zero-order chi connectivity index (χ0) is 19.1. The van der Waals surface area contributed by atoms with Crippen molar-refractivity contribution in [3.05, 3.63) is 64.2 Å². The molecule has 4 nitrogen and oxygen atoms in total. The lowest BCUT2D eigenvalue weighted by Crippen LogP contribution is -2.30. The maximum Gasteiger partial charge on any atom is 0.175 e. The largest absolute Gasteiger partial charge is 0.294 e. The van der Waals surface area contributed by atoms with E-state index in [0.717, 1.165) is 24.0 Å². The number of aliphatic imine (C=N–C) groups is 1. The van der Waals surface area contributed by atoms with Crippen LogP contribution < -0.4 is 0 Å². The highest BCUT2D eigenvalue weighted by atomic mass is 35.5. The molecule has 1 heterocycles. The zero-order valence-corrected chi connectivity index (χ0v) is 16.5. The van der Waals surface area contributed by atoms with E-state index in [9.17, 15) is 13.2 Å². The topological polar surface area (TPSA) is 63.6 Å². The summed E-state index contributed by atoms with van der Waals surface area (Å²) in [5.74, 6) is -0.179. The number of sulfone groups is 1. The first-order chi connectivity index (χ1) is 12.1. The van der Waals surface area contributed by atoms with Crippen molar-refractivity contribution in [2.24, 2.45) is 4.99 Å². The van der Waals surface area contributed by atoms with Gasteiger partial charge in [-0.3, -0.25) is 9.79 Å². The highest BCUT2D eigenvalue weighted by Gasteiger charge is 2.28. The van der Waals surface area contributed by atoms with Crippen LogP contribution in [-0.2, 0) is 16.3 Å². The molecule has 0 N–H and O–H groups in total. The number of hydrogen-bond acceptors (Lipinski definition) is 4. The second kappa shape index (κ2) is 6.63. The minimum Gasteiger partial charge on any atom is -0.294 e. The molecule has 1 aliphatic rings. The molecule has 0 saturated heterocycles. The Balaban J connectivity index is 1.94. The van der Waals surface area contributed by atoms with E-state index < -0.39 is 9.84 Å². The first-order valence-corrected chi connectivity index (χ1v) is 10.5. The Morgan fingerprint density at radius 2 is 1.88 bits per heavy atom. The predicted molar refractivity (Wildman–Crippen MR) is 104 cm³/mol. The Morgan fingerprint density at radius 3 is 2.54 bits per heavy atom. The smallest absolute Gasteiger partial charge is 0.175 e. The molecule has 0 aromatic heterocycles. The standard InChI is InChI=1S/C20H20ClNO3S/c1-20(2)12-13-6-4-5-7-15(13)18(22-20)11-19(23)16-9-8-14(10-17(16)21)26(3,24)25/h4-10H,11-12H2,1-3H3. The normalized spacial score (nSPS) is 15.9. The van der Waals surface area contributed by atoms with Crippen LogP contribution in [0.3, 0.4) is 0 Å². The minimum atomic E-state index is -3.37. The molecule has 0 aliphatic carbocycles. The second-order valence-corrected chi connectivity index (χ2v) is 9.64. The van der Waals surface area contributed by atoms with Crippen molar-refractivity contribution in [3.8, 4) is 0 Å². The SMILES string of the molecule is CC1(C)Cc2ccccc2C(CC(=O)c2ccc(S(C)(=O)=O)cc2Cl)=N1. The molecular formula is C20H20ClNO3S. The summed E-state index contributed by atoms with van der Waals surface area (Å²) in [7, 11) is -3.37. The van der Waals surface area contributed by atoms with E-state index in [0.29, 0.717) is 5.56 Å². The number of Topliss-reactive ketones (excluding diaryl/α,β-unsaturated/α-hetero) is 1. The Labute approximate surface area is 158 Å². The summed E-state index contributed by atoms with van der Waals surface area (Å²) < 4.78 is 23.3. The Hall–Kier alpha value is -1.98. The lowest BCUT2D eigenvalue weighted by Gasteiger charge is -2.29. The fourth-order valence-corrected chi connectivity index (χ4v) is 4.22. The van der Waals surface area contributed by atoms with Crippen LogP contribution in [0.15, 0.2) is 52.4 Å². The molecule has 2 aromatic rings. The van der Waals surface area contributed by atoms with Crippen LogP contribution in [0.2, 0.25) is 5.02 Å². The first-order valence-electron chi connectivity index (χ1n) is 8.27. The molecule has 0 fully saturated rings. The molecule has 136 valence electrons. The van der Waals surface area contributed by atoms with Crippen molar-refractivity contribution in [1.82, 2.24) is 0 Å². The number of nitrogens with zero attached hydrogens (tertiary/aromatic N) is 1. The number of carbonyl (C=O) groups is 1. The van der Waals surface area contributed by atoms with Crippen LogP contribution in [0.1, 0.15) is 41.8 Å². The lowest BCUT2D eigenvalue weighted by molar-refractivity contribution is 0.100. The number of rotatable bonds is 4.